The molecule has 0 fully saturated rings. The molecule has 0 aromatic heterocycles. The molecule has 0 radical (unpaired) electrons. The fourth-order valence-corrected chi connectivity index (χ4v) is 2.89. The van der Waals surface area contributed by atoms with Crippen LogP contribution in [-0.4, -0.2) is 37.7 Å². The zero-order valence-corrected chi connectivity index (χ0v) is 18.3. The van der Waals surface area contributed by atoms with Gasteiger partial charge in [-0.1, -0.05) is 35.9 Å². The van der Waals surface area contributed by atoms with Gasteiger partial charge >= 0.3 is 5.97 Å². The van der Waals surface area contributed by atoms with Crippen molar-refractivity contribution in [1.82, 2.24) is 10.7 Å². The van der Waals surface area contributed by atoms with Gasteiger partial charge < -0.3 is 14.8 Å². The molecule has 0 heterocycles. The van der Waals surface area contributed by atoms with Gasteiger partial charge in [0, 0.05) is 0 Å². The molecule has 0 atom stereocenters. The van der Waals surface area contributed by atoms with Gasteiger partial charge in [0.15, 0.2) is 0 Å². The molecular formula is C24H20ClN3O5. The predicted octanol–water partition coefficient (Wildman–Crippen LogP) is 3.45. The SMILES string of the molecule is COc1ccc(C(=O)Oc2cccc(/C=N/NC(=O)CNC(=O)c3ccccc3Cl)c2)cc1. The number of benzene rings is 3. The Morgan fingerprint density at radius 3 is 2.45 bits per heavy atom. The zero-order valence-electron chi connectivity index (χ0n) is 17.6. The molecule has 3 aromatic rings. The molecule has 3 aromatic carbocycles. The van der Waals surface area contributed by atoms with E-state index in [4.69, 9.17) is 21.1 Å². The Balaban J connectivity index is 1.50. The number of halogens is 1. The van der Waals surface area contributed by atoms with Crippen LogP contribution >= 0.6 is 11.6 Å². The number of hydrazone groups is 1. The highest BCUT2D eigenvalue weighted by atomic mass is 35.5. The summed E-state index contributed by atoms with van der Waals surface area (Å²) in [5.74, 6) is -0.553. The molecule has 9 heteroatoms. The number of methoxy groups -OCH3 is 1. The molecule has 3 rings (SSSR count). The first-order valence-corrected chi connectivity index (χ1v) is 10.1. The third kappa shape index (κ3) is 6.91. The average molecular weight is 466 g/mol. The maximum Gasteiger partial charge on any atom is 0.343 e. The first-order chi connectivity index (χ1) is 16.0. The summed E-state index contributed by atoms with van der Waals surface area (Å²) >= 11 is 5.96. The molecule has 0 unspecified atom stereocenters. The van der Waals surface area contributed by atoms with Crippen molar-refractivity contribution in [3.8, 4) is 11.5 Å². The van der Waals surface area contributed by atoms with E-state index in [1.807, 2.05) is 0 Å². The largest absolute Gasteiger partial charge is 0.497 e. The van der Waals surface area contributed by atoms with Crippen molar-refractivity contribution in [3.63, 3.8) is 0 Å². The van der Waals surface area contributed by atoms with Gasteiger partial charge in [-0.15, -0.1) is 0 Å². The van der Waals surface area contributed by atoms with Gasteiger partial charge in [-0.25, -0.2) is 10.2 Å². The van der Waals surface area contributed by atoms with Crippen LogP contribution in [0.25, 0.3) is 0 Å². The van der Waals surface area contributed by atoms with E-state index < -0.39 is 17.8 Å². The van der Waals surface area contributed by atoms with E-state index in [2.05, 4.69) is 15.8 Å². The van der Waals surface area contributed by atoms with Crippen LogP contribution < -0.4 is 20.2 Å². The quantitative estimate of drug-likeness (QED) is 0.229. The summed E-state index contributed by atoms with van der Waals surface area (Å²) in [6.07, 6.45) is 1.39. The Morgan fingerprint density at radius 1 is 0.970 bits per heavy atom. The lowest BCUT2D eigenvalue weighted by molar-refractivity contribution is -0.120. The third-order valence-electron chi connectivity index (χ3n) is 4.33. The number of nitrogens with one attached hydrogen (secondary N) is 2. The van der Waals surface area contributed by atoms with E-state index in [0.717, 1.165) is 0 Å². The van der Waals surface area contributed by atoms with Crippen LogP contribution in [0.5, 0.6) is 11.5 Å². The minimum Gasteiger partial charge on any atom is -0.497 e. The Kier molecular flexibility index (Phi) is 8.15. The number of nitrogens with zero attached hydrogens (tertiary/aromatic N) is 1. The van der Waals surface area contributed by atoms with Gasteiger partial charge in [-0.2, -0.15) is 5.10 Å². The molecule has 8 nitrogen and oxygen atoms in total. The molecule has 2 amide bonds. The molecule has 0 saturated heterocycles. The number of hydrogen-bond donors (Lipinski definition) is 2. The summed E-state index contributed by atoms with van der Waals surface area (Å²) in [6.45, 7) is -0.277. The Labute approximate surface area is 195 Å². The monoisotopic (exact) mass is 465 g/mol. The van der Waals surface area contributed by atoms with Gasteiger partial charge in [0.2, 0.25) is 0 Å². The number of hydrogen-bond acceptors (Lipinski definition) is 6. The van der Waals surface area contributed by atoms with Crippen molar-refractivity contribution in [2.45, 2.75) is 0 Å². The summed E-state index contributed by atoms with van der Waals surface area (Å²) in [7, 11) is 1.54. The van der Waals surface area contributed by atoms with E-state index in [1.54, 1.807) is 79.9 Å². The number of carbonyl (C=O) groups is 3. The van der Waals surface area contributed by atoms with Crippen molar-refractivity contribution in [2.24, 2.45) is 5.10 Å². The summed E-state index contributed by atoms with van der Waals surface area (Å²) in [6, 6.07) is 19.7. The van der Waals surface area contributed by atoms with Crippen LogP contribution in [0, 0.1) is 0 Å². The summed E-state index contributed by atoms with van der Waals surface area (Å²) < 4.78 is 10.4. The zero-order chi connectivity index (χ0) is 23.6. The minimum absolute atomic E-state index is 0.275. The van der Waals surface area contributed by atoms with Gasteiger partial charge in [0.25, 0.3) is 11.8 Å². The highest BCUT2D eigenvalue weighted by Crippen LogP contribution is 2.17. The normalized spacial score (nSPS) is 10.5. The maximum atomic E-state index is 12.3. The van der Waals surface area contributed by atoms with E-state index >= 15 is 0 Å². The van der Waals surface area contributed by atoms with Gasteiger partial charge in [-0.3, -0.25) is 9.59 Å². The standard InChI is InChI=1S/C24H20ClN3O5/c1-32-18-11-9-17(10-12-18)24(31)33-19-6-4-5-16(13-19)14-27-28-22(29)15-26-23(30)20-7-2-3-8-21(20)25/h2-14H,15H2,1H3,(H,26,30)(H,28,29)/b27-14+. The molecule has 0 aliphatic carbocycles. The molecule has 0 spiro atoms. The van der Waals surface area contributed by atoms with Crippen LogP contribution in [0.15, 0.2) is 77.9 Å². The van der Waals surface area contributed by atoms with Crippen molar-refractivity contribution in [1.29, 1.82) is 0 Å². The number of carbonyl (C=O) groups excluding carboxylic acids is 3. The fourth-order valence-electron chi connectivity index (χ4n) is 2.67. The summed E-state index contributed by atoms with van der Waals surface area (Å²) in [5.41, 5.74) is 3.56. The lowest BCUT2D eigenvalue weighted by atomic mass is 10.2. The van der Waals surface area contributed by atoms with Crippen molar-refractivity contribution in [2.75, 3.05) is 13.7 Å². The smallest absolute Gasteiger partial charge is 0.343 e. The molecule has 0 aliphatic heterocycles. The Hall–Kier alpha value is -4.17. The van der Waals surface area contributed by atoms with E-state index in [0.29, 0.717) is 27.6 Å². The molecular weight excluding hydrogens is 446 g/mol. The van der Waals surface area contributed by atoms with Gasteiger partial charge in [0.05, 0.1) is 36.0 Å². The fraction of sp³-hybridized carbons (Fsp3) is 0.0833. The minimum atomic E-state index is -0.520. The first-order valence-electron chi connectivity index (χ1n) is 9.77. The summed E-state index contributed by atoms with van der Waals surface area (Å²) in [5, 5.41) is 6.61. The first kappa shape index (κ1) is 23.5. The lowest BCUT2D eigenvalue weighted by Gasteiger charge is -2.06. The van der Waals surface area contributed by atoms with E-state index in [9.17, 15) is 14.4 Å². The third-order valence-corrected chi connectivity index (χ3v) is 4.65. The average Bonchev–Trinajstić information content (AvgIpc) is 2.83. The Morgan fingerprint density at radius 2 is 1.73 bits per heavy atom. The number of esters is 1. The van der Waals surface area contributed by atoms with E-state index in [1.165, 1.54) is 6.21 Å². The molecule has 2 N–H and O–H groups in total. The second-order valence-electron chi connectivity index (χ2n) is 6.65. The number of ether oxygens (including phenoxy) is 2. The van der Waals surface area contributed by atoms with Gasteiger partial charge in [-0.05, 0) is 54.1 Å². The molecule has 33 heavy (non-hydrogen) atoms. The van der Waals surface area contributed by atoms with Crippen molar-refractivity contribution in [3.05, 3.63) is 94.5 Å². The maximum absolute atomic E-state index is 12.3. The van der Waals surface area contributed by atoms with Crippen LogP contribution in [0.1, 0.15) is 26.3 Å². The topological polar surface area (TPSA) is 106 Å². The lowest BCUT2D eigenvalue weighted by Crippen LogP contribution is -2.35. The van der Waals surface area contributed by atoms with E-state index in [-0.39, 0.29) is 12.1 Å². The highest BCUT2D eigenvalue weighted by molar-refractivity contribution is 6.33. The van der Waals surface area contributed by atoms with Crippen molar-refractivity contribution >= 4 is 35.6 Å². The van der Waals surface area contributed by atoms with Crippen LogP contribution in [0.2, 0.25) is 5.02 Å². The van der Waals surface area contributed by atoms with Gasteiger partial charge in [0.1, 0.15) is 11.5 Å². The Bertz CT molecular complexity index is 1180. The van der Waals surface area contributed by atoms with Crippen LogP contribution in [-0.2, 0) is 4.79 Å². The predicted molar refractivity (Wildman–Crippen MR) is 124 cm³/mol. The molecule has 168 valence electrons. The molecule has 0 saturated carbocycles. The van der Waals surface area contributed by atoms with Crippen LogP contribution in [0.4, 0.5) is 0 Å². The highest BCUT2D eigenvalue weighted by Gasteiger charge is 2.11. The number of rotatable bonds is 8. The summed E-state index contributed by atoms with van der Waals surface area (Å²) in [4.78, 5) is 36.3. The van der Waals surface area contributed by atoms with Crippen molar-refractivity contribution < 1.29 is 23.9 Å². The number of amides is 2. The van der Waals surface area contributed by atoms with Crippen LogP contribution in [0.3, 0.4) is 0 Å². The second kappa shape index (κ2) is 11.4. The molecule has 0 aliphatic rings. The molecule has 0 bridgehead atoms. The second-order valence-corrected chi connectivity index (χ2v) is 7.05.